The topological polar surface area (TPSA) is 36.3 Å². The molecular weight excluding hydrogens is 251 g/mol. The normalized spacial score (nSPS) is 21.5. The van der Waals surface area contributed by atoms with E-state index in [0.717, 1.165) is 17.7 Å². The molecule has 0 spiro atoms. The summed E-state index contributed by atoms with van der Waals surface area (Å²) in [6.07, 6.45) is 1.88. The molecule has 0 N–H and O–H groups in total. The van der Waals surface area contributed by atoms with Gasteiger partial charge in [0.25, 0.3) is 0 Å². The lowest BCUT2D eigenvalue weighted by atomic mass is 9.79. The smallest absolute Gasteiger partial charge is 0.399 e. The van der Waals surface area contributed by atoms with Crippen LogP contribution in [0.4, 0.5) is 0 Å². The number of nitrogens with zero attached hydrogens (tertiary/aromatic N) is 2. The first-order valence-corrected chi connectivity index (χ1v) is 7.31. The van der Waals surface area contributed by atoms with Gasteiger partial charge in [-0.25, -0.2) is 0 Å². The summed E-state index contributed by atoms with van der Waals surface area (Å²) in [4.78, 5) is 0. The largest absolute Gasteiger partial charge is 0.498 e. The van der Waals surface area contributed by atoms with E-state index in [0.29, 0.717) is 0 Å². The van der Waals surface area contributed by atoms with Gasteiger partial charge in [0.15, 0.2) is 0 Å². The fourth-order valence-electron chi connectivity index (χ4n) is 2.27. The zero-order valence-electron chi connectivity index (χ0n) is 14.1. The zero-order chi connectivity index (χ0) is 15.3. The summed E-state index contributed by atoms with van der Waals surface area (Å²) < 4.78 is 14.2. The first-order valence-electron chi connectivity index (χ1n) is 7.31. The predicted octanol–water partition coefficient (Wildman–Crippen LogP) is 2.54. The lowest BCUT2D eigenvalue weighted by molar-refractivity contribution is 0.00578. The SMILES string of the molecule is Cc1c(B2OC(C)(C)C(C)(C)O2)cnn1CC(C)(C)C. The van der Waals surface area contributed by atoms with Crippen molar-refractivity contribution in [3.63, 3.8) is 0 Å². The predicted molar refractivity (Wildman–Crippen MR) is 82.1 cm³/mol. The van der Waals surface area contributed by atoms with Gasteiger partial charge in [-0.1, -0.05) is 20.8 Å². The number of rotatable bonds is 2. The van der Waals surface area contributed by atoms with Crippen LogP contribution in [0, 0.1) is 12.3 Å². The van der Waals surface area contributed by atoms with Crippen LogP contribution < -0.4 is 5.46 Å². The van der Waals surface area contributed by atoms with Gasteiger partial charge in [0.1, 0.15) is 0 Å². The minimum Gasteiger partial charge on any atom is -0.399 e. The van der Waals surface area contributed by atoms with E-state index in [2.05, 4.69) is 60.5 Å². The van der Waals surface area contributed by atoms with Crippen LogP contribution in [-0.4, -0.2) is 28.1 Å². The van der Waals surface area contributed by atoms with Gasteiger partial charge in [-0.15, -0.1) is 0 Å². The Morgan fingerprint density at radius 1 is 1.15 bits per heavy atom. The standard InChI is InChI=1S/C15H27BN2O2/c1-11-12(9-17-18(11)10-13(2,3)4)16-19-14(5,6)15(7,8)20-16/h9H,10H2,1-8H3. The second kappa shape index (κ2) is 4.60. The van der Waals surface area contributed by atoms with E-state index in [-0.39, 0.29) is 23.7 Å². The summed E-state index contributed by atoms with van der Waals surface area (Å²) in [7, 11) is -0.325. The summed E-state index contributed by atoms with van der Waals surface area (Å²) in [5.74, 6) is 0. The van der Waals surface area contributed by atoms with Crippen molar-refractivity contribution in [2.45, 2.75) is 73.1 Å². The first kappa shape index (κ1) is 15.6. The number of aromatic nitrogens is 2. The molecule has 2 rings (SSSR count). The third-order valence-corrected chi connectivity index (χ3v) is 4.27. The molecule has 0 unspecified atom stereocenters. The molecule has 1 aromatic rings. The van der Waals surface area contributed by atoms with Gasteiger partial charge < -0.3 is 9.31 Å². The van der Waals surface area contributed by atoms with Crippen LogP contribution in [0.25, 0.3) is 0 Å². The molecule has 1 fully saturated rings. The molecule has 1 aliphatic heterocycles. The molecule has 1 saturated heterocycles. The van der Waals surface area contributed by atoms with Crippen LogP contribution in [-0.2, 0) is 15.9 Å². The molecule has 20 heavy (non-hydrogen) atoms. The average molecular weight is 278 g/mol. The van der Waals surface area contributed by atoms with Crippen molar-refractivity contribution in [2.75, 3.05) is 0 Å². The molecule has 4 nitrogen and oxygen atoms in total. The highest BCUT2D eigenvalue weighted by Gasteiger charge is 2.52. The van der Waals surface area contributed by atoms with Crippen LogP contribution in [0.15, 0.2) is 6.20 Å². The van der Waals surface area contributed by atoms with E-state index < -0.39 is 0 Å². The van der Waals surface area contributed by atoms with Crippen molar-refractivity contribution in [1.29, 1.82) is 0 Å². The maximum atomic E-state index is 6.10. The van der Waals surface area contributed by atoms with Gasteiger partial charge in [-0.3, -0.25) is 4.68 Å². The Kier molecular flexibility index (Phi) is 3.58. The van der Waals surface area contributed by atoms with Crippen molar-refractivity contribution < 1.29 is 9.31 Å². The molecule has 0 aliphatic carbocycles. The molecule has 0 radical (unpaired) electrons. The molecular formula is C15H27BN2O2. The quantitative estimate of drug-likeness (QED) is 0.780. The van der Waals surface area contributed by atoms with Crippen molar-refractivity contribution in [3.8, 4) is 0 Å². The molecule has 0 aromatic carbocycles. The van der Waals surface area contributed by atoms with Gasteiger partial charge in [-0.2, -0.15) is 5.10 Å². The van der Waals surface area contributed by atoms with Crippen LogP contribution in [0.5, 0.6) is 0 Å². The Labute approximate surface area is 123 Å². The lowest BCUT2D eigenvalue weighted by Crippen LogP contribution is -2.41. The molecule has 2 heterocycles. The zero-order valence-corrected chi connectivity index (χ0v) is 14.1. The third-order valence-electron chi connectivity index (χ3n) is 4.27. The van der Waals surface area contributed by atoms with E-state index in [1.54, 1.807) is 0 Å². The van der Waals surface area contributed by atoms with E-state index in [1.807, 2.05) is 10.9 Å². The van der Waals surface area contributed by atoms with Crippen LogP contribution in [0.3, 0.4) is 0 Å². The van der Waals surface area contributed by atoms with Gasteiger partial charge in [0.05, 0.1) is 11.2 Å². The summed E-state index contributed by atoms with van der Waals surface area (Å²) in [5, 5.41) is 4.50. The first-order chi connectivity index (χ1) is 8.93. The fraction of sp³-hybridized carbons (Fsp3) is 0.800. The minimum absolute atomic E-state index is 0.198. The van der Waals surface area contributed by atoms with Gasteiger partial charge in [-0.05, 0) is 40.0 Å². The van der Waals surface area contributed by atoms with Gasteiger partial charge >= 0.3 is 7.12 Å². The van der Waals surface area contributed by atoms with E-state index in [4.69, 9.17) is 9.31 Å². The number of hydrogen-bond acceptors (Lipinski definition) is 3. The molecule has 5 heteroatoms. The minimum atomic E-state index is -0.325. The van der Waals surface area contributed by atoms with Gasteiger partial charge in [0, 0.05) is 23.9 Å². The molecule has 0 bridgehead atoms. The summed E-state index contributed by atoms with van der Waals surface area (Å²) in [5.41, 5.74) is 1.74. The molecule has 0 atom stereocenters. The Morgan fingerprint density at radius 3 is 2.10 bits per heavy atom. The molecule has 112 valence electrons. The molecule has 0 saturated carbocycles. The summed E-state index contributed by atoms with van der Waals surface area (Å²) >= 11 is 0. The Hall–Kier alpha value is -0.805. The second-order valence-corrected chi connectivity index (χ2v) is 7.99. The third kappa shape index (κ3) is 2.79. The monoisotopic (exact) mass is 278 g/mol. The van der Waals surface area contributed by atoms with Crippen LogP contribution in [0.1, 0.15) is 54.2 Å². The highest BCUT2D eigenvalue weighted by molar-refractivity contribution is 6.62. The number of hydrogen-bond donors (Lipinski definition) is 0. The van der Waals surface area contributed by atoms with Crippen molar-refractivity contribution in [3.05, 3.63) is 11.9 Å². The maximum absolute atomic E-state index is 6.10. The van der Waals surface area contributed by atoms with Crippen molar-refractivity contribution in [2.24, 2.45) is 5.41 Å². The fourth-order valence-corrected chi connectivity index (χ4v) is 2.27. The van der Waals surface area contributed by atoms with E-state index in [1.165, 1.54) is 0 Å². The highest BCUT2D eigenvalue weighted by Crippen LogP contribution is 2.36. The van der Waals surface area contributed by atoms with Crippen molar-refractivity contribution >= 4 is 12.6 Å². The Balaban J connectivity index is 2.24. The van der Waals surface area contributed by atoms with Crippen LogP contribution >= 0.6 is 0 Å². The summed E-state index contributed by atoms with van der Waals surface area (Å²) in [6.45, 7) is 17.9. The Bertz CT molecular complexity index is 484. The second-order valence-electron chi connectivity index (χ2n) is 7.99. The van der Waals surface area contributed by atoms with Crippen LogP contribution in [0.2, 0.25) is 0 Å². The van der Waals surface area contributed by atoms with Gasteiger partial charge in [0.2, 0.25) is 0 Å². The molecule has 1 aromatic heterocycles. The van der Waals surface area contributed by atoms with E-state index in [9.17, 15) is 0 Å². The molecule has 0 amide bonds. The summed E-state index contributed by atoms with van der Waals surface area (Å²) in [6, 6.07) is 0. The average Bonchev–Trinajstić information content (AvgIpc) is 2.65. The molecule has 1 aliphatic rings. The Morgan fingerprint density at radius 2 is 1.65 bits per heavy atom. The lowest BCUT2D eigenvalue weighted by Gasteiger charge is -2.32. The maximum Gasteiger partial charge on any atom is 0.498 e. The highest BCUT2D eigenvalue weighted by atomic mass is 16.7. The van der Waals surface area contributed by atoms with E-state index >= 15 is 0 Å². The van der Waals surface area contributed by atoms with Crippen molar-refractivity contribution in [1.82, 2.24) is 9.78 Å².